The number of benzene rings is 1. The largest absolute Gasteiger partial charge is 0.325 e. The molecule has 0 atom stereocenters. The third-order valence-corrected chi connectivity index (χ3v) is 4.83. The fraction of sp³-hybridized carbons (Fsp3) is 0.176. The lowest BCUT2D eigenvalue weighted by molar-refractivity contribution is -0.113. The summed E-state index contributed by atoms with van der Waals surface area (Å²) in [5.74, 6) is 0.738. The van der Waals surface area contributed by atoms with Crippen LogP contribution in [0.2, 0.25) is 10.0 Å². The number of amides is 1. The molecular formula is C17H15Cl2N5OS. The van der Waals surface area contributed by atoms with Crippen LogP contribution in [0.25, 0.3) is 11.4 Å². The summed E-state index contributed by atoms with van der Waals surface area (Å²) < 4.78 is 1.95. The Labute approximate surface area is 164 Å². The zero-order valence-corrected chi connectivity index (χ0v) is 16.1. The molecule has 3 rings (SSSR count). The van der Waals surface area contributed by atoms with Gasteiger partial charge in [-0.05, 0) is 37.3 Å². The van der Waals surface area contributed by atoms with Crippen molar-refractivity contribution in [1.29, 1.82) is 0 Å². The highest BCUT2D eigenvalue weighted by Crippen LogP contribution is 2.25. The Morgan fingerprint density at radius 3 is 2.65 bits per heavy atom. The fourth-order valence-corrected chi connectivity index (χ4v) is 3.67. The van der Waals surface area contributed by atoms with Crippen molar-refractivity contribution >= 4 is 46.6 Å². The number of carbonyl (C=O) groups is 1. The number of hydrogen-bond acceptors (Lipinski definition) is 5. The molecule has 0 aliphatic heterocycles. The minimum atomic E-state index is -0.179. The molecule has 134 valence electrons. The van der Waals surface area contributed by atoms with Gasteiger partial charge < -0.3 is 9.88 Å². The molecule has 9 heteroatoms. The first-order valence-electron chi connectivity index (χ1n) is 7.79. The van der Waals surface area contributed by atoms with Gasteiger partial charge in [0.15, 0.2) is 11.0 Å². The van der Waals surface area contributed by atoms with Crippen LogP contribution in [-0.2, 0) is 11.3 Å². The molecule has 2 heterocycles. The van der Waals surface area contributed by atoms with Gasteiger partial charge in [0.05, 0.1) is 5.75 Å². The summed E-state index contributed by atoms with van der Waals surface area (Å²) in [6.07, 6.45) is 3.44. The van der Waals surface area contributed by atoms with E-state index in [0.29, 0.717) is 27.4 Å². The van der Waals surface area contributed by atoms with Gasteiger partial charge in [0.2, 0.25) is 5.91 Å². The summed E-state index contributed by atoms with van der Waals surface area (Å²) in [4.78, 5) is 16.3. The van der Waals surface area contributed by atoms with Crippen LogP contribution < -0.4 is 5.32 Å². The number of halogens is 2. The van der Waals surface area contributed by atoms with Crippen LogP contribution in [0.5, 0.6) is 0 Å². The molecule has 6 nitrogen and oxygen atoms in total. The second kappa shape index (κ2) is 8.53. The van der Waals surface area contributed by atoms with E-state index in [4.69, 9.17) is 23.2 Å². The monoisotopic (exact) mass is 407 g/mol. The number of nitrogens with zero attached hydrogens (tertiary/aromatic N) is 4. The van der Waals surface area contributed by atoms with Crippen molar-refractivity contribution in [2.75, 3.05) is 11.1 Å². The molecule has 0 radical (unpaired) electrons. The third-order valence-electron chi connectivity index (χ3n) is 3.43. The van der Waals surface area contributed by atoms with E-state index in [-0.39, 0.29) is 11.7 Å². The van der Waals surface area contributed by atoms with Crippen LogP contribution >= 0.6 is 35.0 Å². The van der Waals surface area contributed by atoms with Crippen LogP contribution in [0, 0.1) is 0 Å². The lowest BCUT2D eigenvalue weighted by atomic mass is 10.3. The smallest absolute Gasteiger partial charge is 0.234 e. The Morgan fingerprint density at radius 2 is 2.00 bits per heavy atom. The average Bonchev–Trinajstić information content (AvgIpc) is 3.02. The number of rotatable bonds is 6. The zero-order valence-electron chi connectivity index (χ0n) is 13.8. The third kappa shape index (κ3) is 4.55. The van der Waals surface area contributed by atoms with E-state index >= 15 is 0 Å². The van der Waals surface area contributed by atoms with E-state index in [2.05, 4.69) is 20.5 Å². The Balaban J connectivity index is 1.68. The van der Waals surface area contributed by atoms with Crippen molar-refractivity contribution in [3.63, 3.8) is 0 Å². The molecule has 0 fully saturated rings. The second-order valence-electron chi connectivity index (χ2n) is 5.29. The van der Waals surface area contributed by atoms with Gasteiger partial charge in [-0.1, -0.05) is 35.0 Å². The van der Waals surface area contributed by atoms with Gasteiger partial charge >= 0.3 is 0 Å². The average molecular weight is 408 g/mol. The maximum Gasteiger partial charge on any atom is 0.234 e. The lowest BCUT2D eigenvalue weighted by Gasteiger charge is -2.08. The van der Waals surface area contributed by atoms with Gasteiger partial charge in [-0.15, -0.1) is 10.2 Å². The first-order chi connectivity index (χ1) is 12.6. The first kappa shape index (κ1) is 18.7. The van der Waals surface area contributed by atoms with Gasteiger partial charge in [-0.3, -0.25) is 9.78 Å². The van der Waals surface area contributed by atoms with E-state index in [0.717, 1.165) is 11.4 Å². The number of aromatic nitrogens is 4. The Morgan fingerprint density at radius 1 is 1.23 bits per heavy atom. The van der Waals surface area contributed by atoms with Crippen LogP contribution in [-0.4, -0.2) is 31.4 Å². The molecule has 0 aliphatic rings. The van der Waals surface area contributed by atoms with Crippen LogP contribution in [0.4, 0.5) is 5.69 Å². The highest BCUT2D eigenvalue weighted by Gasteiger charge is 2.15. The molecule has 1 aromatic carbocycles. The molecule has 0 aliphatic carbocycles. The van der Waals surface area contributed by atoms with Crippen LogP contribution in [0.15, 0.2) is 47.9 Å². The lowest BCUT2D eigenvalue weighted by Crippen LogP contribution is -2.14. The summed E-state index contributed by atoms with van der Waals surface area (Å²) >= 11 is 13.2. The molecule has 0 saturated carbocycles. The van der Waals surface area contributed by atoms with E-state index < -0.39 is 0 Å². The van der Waals surface area contributed by atoms with Crippen molar-refractivity contribution in [3.8, 4) is 11.4 Å². The van der Waals surface area contributed by atoms with Gasteiger partial charge in [-0.25, -0.2) is 0 Å². The number of carbonyl (C=O) groups excluding carboxylic acids is 1. The van der Waals surface area contributed by atoms with E-state index in [1.165, 1.54) is 11.8 Å². The van der Waals surface area contributed by atoms with Crippen molar-refractivity contribution in [3.05, 3.63) is 52.8 Å². The summed E-state index contributed by atoms with van der Waals surface area (Å²) in [5.41, 5.74) is 1.44. The minimum absolute atomic E-state index is 0.179. The minimum Gasteiger partial charge on any atom is -0.325 e. The van der Waals surface area contributed by atoms with Gasteiger partial charge in [0.1, 0.15) is 0 Å². The van der Waals surface area contributed by atoms with E-state index in [1.807, 2.05) is 23.6 Å². The molecule has 0 bridgehead atoms. The van der Waals surface area contributed by atoms with E-state index in [1.54, 1.807) is 30.6 Å². The quantitative estimate of drug-likeness (QED) is 0.613. The molecule has 0 spiro atoms. The summed E-state index contributed by atoms with van der Waals surface area (Å²) in [7, 11) is 0. The van der Waals surface area contributed by atoms with Crippen LogP contribution in [0.3, 0.4) is 0 Å². The topological polar surface area (TPSA) is 72.7 Å². The Kier molecular flexibility index (Phi) is 6.13. The Hall–Kier alpha value is -2.09. The maximum absolute atomic E-state index is 12.2. The molecule has 1 N–H and O–H groups in total. The van der Waals surface area contributed by atoms with Gasteiger partial charge in [-0.2, -0.15) is 0 Å². The number of nitrogens with one attached hydrogen (secondary N) is 1. The first-order valence-corrected chi connectivity index (χ1v) is 9.53. The molecule has 0 unspecified atom stereocenters. The number of thioether (sulfide) groups is 1. The number of pyridine rings is 1. The maximum atomic E-state index is 12.2. The van der Waals surface area contributed by atoms with Crippen molar-refractivity contribution in [2.24, 2.45) is 0 Å². The van der Waals surface area contributed by atoms with Crippen molar-refractivity contribution in [1.82, 2.24) is 19.7 Å². The molecule has 2 aromatic heterocycles. The highest BCUT2D eigenvalue weighted by atomic mass is 35.5. The molecule has 0 saturated heterocycles. The predicted molar refractivity (Wildman–Crippen MR) is 105 cm³/mol. The summed E-state index contributed by atoms with van der Waals surface area (Å²) in [6.45, 7) is 2.69. The molecule has 3 aromatic rings. The van der Waals surface area contributed by atoms with Crippen molar-refractivity contribution in [2.45, 2.75) is 18.6 Å². The molecular weight excluding hydrogens is 393 g/mol. The van der Waals surface area contributed by atoms with Gasteiger partial charge in [0.25, 0.3) is 0 Å². The normalized spacial score (nSPS) is 10.7. The Bertz CT molecular complexity index is 897. The van der Waals surface area contributed by atoms with Crippen molar-refractivity contribution < 1.29 is 4.79 Å². The number of hydrogen-bond donors (Lipinski definition) is 1. The predicted octanol–water partition coefficient (Wildman–Crippen LogP) is 4.40. The highest BCUT2D eigenvalue weighted by molar-refractivity contribution is 7.99. The van der Waals surface area contributed by atoms with E-state index in [9.17, 15) is 4.79 Å². The molecule has 26 heavy (non-hydrogen) atoms. The summed E-state index contributed by atoms with van der Waals surface area (Å²) in [5, 5.41) is 12.8. The number of anilines is 1. The second-order valence-corrected chi connectivity index (χ2v) is 7.10. The van der Waals surface area contributed by atoms with Gasteiger partial charge in [0, 0.05) is 40.2 Å². The fourth-order valence-electron chi connectivity index (χ4n) is 2.34. The zero-order chi connectivity index (χ0) is 18.5. The van der Waals surface area contributed by atoms with Crippen LogP contribution in [0.1, 0.15) is 6.92 Å². The summed E-state index contributed by atoms with van der Waals surface area (Å²) in [6, 6.07) is 8.67. The molecule has 1 amide bonds. The standard InChI is InChI=1S/C17H15Cl2N5OS/c1-2-24-16(11-4-3-5-20-9-11)22-23-17(24)26-10-15(25)21-14-7-12(18)6-13(19)8-14/h3-9H,2,10H2,1H3,(H,21,25). The SMILES string of the molecule is CCn1c(SCC(=O)Nc2cc(Cl)cc(Cl)c2)nnc1-c1cccnc1.